The van der Waals surface area contributed by atoms with Crippen LogP contribution in [-0.2, 0) is 16.1 Å². The third-order valence-corrected chi connectivity index (χ3v) is 10.2. The van der Waals surface area contributed by atoms with Crippen LogP contribution in [0.3, 0.4) is 0 Å². The zero-order valence-electron chi connectivity index (χ0n) is 24.0. The molecule has 5 aromatic rings. The topological polar surface area (TPSA) is 113 Å². The number of nitro benzene ring substituents is 1. The number of carbonyl (C=O) groups excluding carboxylic acids is 1. The maximum atomic E-state index is 14.2. The van der Waals surface area contributed by atoms with Gasteiger partial charge >= 0.3 is 5.97 Å². The van der Waals surface area contributed by atoms with E-state index in [4.69, 9.17) is 14.5 Å². The summed E-state index contributed by atoms with van der Waals surface area (Å²) in [6.07, 6.45) is 1.77. The Hall–Kier alpha value is -3.92. The van der Waals surface area contributed by atoms with Crippen molar-refractivity contribution in [2.24, 2.45) is 4.99 Å². The number of carbonyl (C=O) groups is 1. The number of benzene rings is 3. The highest BCUT2D eigenvalue weighted by Gasteiger charge is 2.35. The first kappa shape index (κ1) is 32.0. The summed E-state index contributed by atoms with van der Waals surface area (Å²) in [5.74, 6) is 0.0289. The first-order valence-electron chi connectivity index (χ1n) is 13.9. The fourth-order valence-electron chi connectivity index (χ4n) is 5.01. The Morgan fingerprint density at radius 3 is 2.57 bits per heavy atom. The molecule has 0 bridgehead atoms. The highest BCUT2D eigenvalue weighted by Crippen LogP contribution is 2.37. The molecule has 9 nitrogen and oxygen atoms in total. The Morgan fingerprint density at radius 1 is 1.13 bits per heavy atom. The minimum absolute atomic E-state index is 0.000393. The van der Waals surface area contributed by atoms with E-state index in [9.17, 15) is 19.7 Å². The lowest BCUT2D eigenvalue weighted by Crippen LogP contribution is -2.39. The lowest BCUT2D eigenvalue weighted by atomic mass is 9.97. The van der Waals surface area contributed by atoms with E-state index in [2.05, 4.69) is 38.5 Å². The van der Waals surface area contributed by atoms with E-state index in [-0.39, 0.29) is 24.5 Å². The van der Waals surface area contributed by atoms with Gasteiger partial charge < -0.3 is 9.47 Å². The number of hydrogen-bond acceptors (Lipinski definition) is 9. The molecule has 0 saturated heterocycles. The molecule has 0 amide bonds. The highest BCUT2D eigenvalue weighted by molar-refractivity contribution is 14.1. The lowest BCUT2D eigenvalue weighted by Gasteiger charge is -2.24. The van der Waals surface area contributed by atoms with Crippen LogP contribution in [0.25, 0.3) is 11.8 Å². The molecule has 0 N–H and O–H groups in total. The van der Waals surface area contributed by atoms with E-state index in [1.54, 1.807) is 29.7 Å². The van der Waals surface area contributed by atoms with Gasteiger partial charge in [0.05, 0.1) is 30.9 Å². The number of thiophene rings is 1. The number of non-ortho nitro benzene ring substituents is 1. The van der Waals surface area contributed by atoms with Gasteiger partial charge in [-0.05, 0) is 76.9 Å². The predicted molar refractivity (Wildman–Crippen MR) is 190 cm³/mol. The molecule has 0 aliphatic carbocycles. The molecule has 0 saturated carbocycles. The van der Waals surface area contributed by atoms with Crippen LogP contribution in [0.5, 0.6) is 5.75 Å². The molecular formula is C33H23BrIN3O6S2. The maximum absolute atomic E-state index is 14.2. The second-order valence-corrected chi connectivity index (χ2v) is 14.0. The average Bonchev–Trinajstić information content (AvgIpc) is 3.69. The largest absolute Gasteiger partial charge is 0.487 e. The minimum atomic E-state index is -0.729. The lowest BCUT2D eigenvalue weighted by molar-refractivity contribution is -0.384. The van der Waals surface area contributed by atoms with Gasteiger partial charge in [-0.2, -0.15) is 0 Å². The number of nitrogens with zero attached hydrogens (tertiary/aromatic N) is 3. The average molecular weight is 829 g/mol. The van der Waals surface area contributed by atoms with Crippen LogP contribution < -0.4 is 19.6 Å². The number of halogens is 2. The third kappa shape index (κ3) is 6.49. The van der Waals surface area contributed by atoms with Gasteiger partial charge in [-0.15, -0.1) is 11.3 Å². The molecular weight excluding hydrogens is 805 g/mol. The number of esters is 1. The molecule has 3 aromatic carbocycles. The summed E-state index contributed by atoms with van der Waals surface area (Å²) in [5, 5.41) is 13.0. The monoisotopic (exact) mass is 827 g/mol. The summed E-state index contributed by atoms with van der Waals surface area (Å²) in [6, 6.07) is 22.4. The van der Waals surface area contributed by atoms with Crippen LogP contribution in [-0.4, -0.2) is 22.1 Å². The molecule has 46 heavy (non-hydrogen) atoms. The molecule has 1 aliphatic heterocycles. The van der Waals surface area contributed by atoms with Crippen molar-refractivity contribution in [2.45, 2.75) is 19.6 Å². The molecule has 1 atom stereocenters. The number of aromatic nitrogens is 1. The quantitative estimate of drug-likeness (QED) is 0.0696. The standard InChI is InChI=1S/C33H23BrIN3O6S2/c1-2-43-32(40)27-28(20-7-4-3-5-8-20)36-33-37(29(27)25-9-6-14-45-25)31(39)26(46-33)16-21-15-22(34)17-24(35)30(21)44-18-19-10-12-23(13-11-19)38(41)42/h3-17,29H,2,18H2,1H3/b26-16-/t29-/m1/s1. The molecule has 232 valence electrons. The van der Waals surface area contributed by atoms with Gasteiger partial charge in [-0.1, -0.05) is 63.7 Å². The van der Waals surface area contributed by atoms with Crippen LogP contribution in [0.4, 0.5) is 5.69 Å². The molecule has 2 aromatic heterocycles. The second kappa shape index (κ2) is 13.8. The van der Waals surface area contributed by atoms with E-state index >= 15 is 0 Å². The molecule has 6 rings (SSSR count). The summed E-state index contributed by atoms with van der Waals surface area (Å²) >= 11 is 8.42. The normalized spacial score (nSPS) is 14.5. The Kier molecular flexibility index (Phi) is 9.63. The number of fused-ring (bicyclic) bond motifs is 1. The van der Waals surface area contributed by atoms with Crippen molar-refractivity contribution in [1.29, 1.82) is 0 Å². The Bertz CT molecular complexity index is 2160. The minimum Gasteiger partial charge on any atom is -0.487 e. The Balaban J connectivity index is 1.49. The highest BCUT2D eigenvalue weighted by atomic mass is 127. The fraction of sp³-hybridized carbons (Fsp3) is 0.121. The summed E-state index contributed by atoms with van der Waals surface area (Å²) < 4.78 is 15.3. The predicted octanol–water partition coefficient (Wildman–Crippen LogP) is 6.85. The number of thiazole rings is 1. The van der Waals surface area contributed by atoms with Crippen molar-refractivity contribution in [3.8, 4) is 5.75 Å². The molecule has 1 aliphatic rings. The SMILES string of the molecule is CCOC(=O)C1=C(c2ccccc2)N=c2s/c(=C\c3cc(Br)cc(I)c3OCc3ccc([N+](=O)[O-])cc3)c(=O)n2[C@@H]1c1cccs1. The van der Waals surface area contributed by atoms with Crippen LogP contribution in [0.15, 0.2) is 104 Å². The van der Waals surface area contributed by atoms with Gasteiger partial charge in [0.15, 0.2) is 4.80 Å². The molecule has 3 heterocycles. The van der Waals surface area contributed by atoms with E-state index < -0.39 is 16.9 Å². The zero-order chi connectivity index (χ0) is 32.4. The van der Waals surface area contributed by atoms with E-state index in [0.717, 1.165) is 24.0 Å². The van der Waals surface area contributed by atoms with Gasteiger partial charge in [-0.3, -0.25) is 19.5 Å². The summed E-state index contributed by atoms with van der Waals surface area (Å²) in [7, 11) is 0. The first-order chi connectivity index (χ1) is 22.2. The zero-order valence-corrected chi connectivity index (χ0v) is 29.4. The van der Waals surface area contributed by atoms with Crippen molar-refractivity contribution in [1.82, 2.24) is 4.57 Å². The molecule has 0 spiro atoms. The van der Waals surface area contributed by atoms with Crippen molar-refractivity contribution in [2.75, 3.05) is 6.61 Å². The van der Waals surface area contributed by atoms with Gasteiger partial charge in [0.25, 0.3) is 11.2 Å². The van der Waals surface area contributed by atoms with Crippen LogP contribution >= 0.6 is 61.2 Å². The first-order valence-corrected chi connectivity index (χ1v) is 17.5. The summed E-state index contributed by atoms with van der Waals surface area (Å²) in [4.78, 5) is 44.6. The molecule has 0 fully saturated rings. The number of ether oxygens (including phenoxy) is 2. The number of rotatable bonds is 9. The smallest absolute Gasteiger partial charge is 0.338 e. The summed E-state index contributed by atoms with van der Waals surface area (Å²) in [5.41, 5.74) is 2.63. The van der Waals surface area contributed by atoms with E-state index in [1.807, 2.05) is 60.0 Å². The molecule has 13 heteroatoms. The van der Waals surface area contributed by atoms with Crippen LogP contribution in [0, 0.1) is 13.7 Å². The number of hydrogen-bond donors (Lipinski definition) is 0. The number of nitro groups is 1. The van der Waals surface area contributed by atoms with Crippen LogP contribution in [0.2, 0.25) is 0 Å². The fourth-order valence-corrected chi connectivity index (χ4v) is 8.53. The second-order valence-electron chi connectivity index (χ2n) is 9.97. The molecule has 0 radical (unpaired) electrons. The third-order valence-electron chi connectivity index (χ3n) is 7.04. The Morgan fingerprint density at radius 2 is 1.89 bits per heavy atom. The van der Waals surface area contributed by atoms with Crippen LogP contribution in [0.1, 0.15) is 34.5 Å². The van der Waals surface area contributed by atoms with Gasteiger partial charge in [0.2, 0.25) is 0 Å². The molecule has 0 unspecified atom stereocenters. The van der Waals surface area contributed by atoms with Crippen molar-refractivity contribution in [3.63, 3.8) is 0 Å². The van der Waals surface area contributed by atoms with Gasteiger partial charge in [-0.25, -0.2) is 9.79 Å². The Labute approximate surface area is 292 Å². The maximum Gasteiger partial charge on any atom is 0.338 e. The van der Waals surface area contributed by atoms with E-state index in [0.29, 0.717) is 31.9 Å². The van der Waals surface area contributed by atoms with E-state index in [1.165, 1.54) is 34.8 Å². The van der Waals surface area contributed by atoms with Gasteiger partial charge in [0, 0.05) is 32.6 Å². The van der Waals surface area contributed by atoms with Crippen molar-refractivity contribution >= 4 is 84.6 Å². The van der Waals surface area contributed by atoms with Gasteiger partial charge in [0.1, 0.15) is 18.4 Å². The summed E-state index contributed by atoms with van der Waals surface area (Å²) in [6.45, 7) is 2.09. The van der Waals surface area contributed by atoms with Crippen molar-refractivity contribution < 1.29 is 19.2 Å². The van der Waals surface area contributed by atoms with Crippen molar-refractivity contribution in [3.05, 3.63) is 149 Å².